The summed E-state index contributed by atoms with van der Waals surface area (Å²) in [5.41, 5.74) is 1.55. The van der Waals surface area contributed by atoms with Crippen LogP contribution in [0.25, 0.3) is 6.08 Å². The summed E-state index contributed by atoms with van der Waals surface area (Å²) < 4.78 is 5.41. The molecule has 2 aromatic carbocycles. The molecule has 0 N–H and O–H groups in total. The maximum absolute atomic E-state index is 12.5. The minimum absolute atomic E-state index is 0.0398. The van der Waals surface area contributed by atoms with Crippen molar-refractivity contribution in [3.8, 4) is 11.8 Å². The highest BCUT2D eigenvalue weighted by Gasteiger charge is 2.30. The molecule has 0 saturated carbocycles. The predicted molar refractivity (Wildman–Crippen MR) is 99.4 cm³/mol. The number of nitriles is 1. The van der Waals surface area contributed by atoms with Crippen LogP contribution in [-0.2, 0) is 4.79 Å². The molecular formula is C19H15N3O2S. The number of hydrogen-bond donors (Lipinski definition) is 0. The third-order valence-electron chi connectivity index (χ3n) is 3.48. The molecule has 0 spiro atoms. The van der Waals surface area contributed by atoms with Gasteiger partial charge in [-0.2, -0.15) is 5.26 Å². The summed E-state index contributed by atoms with van der Waals surface area (Å²) in [5, 5.41) is 9.31. The number of aliphatic imine (C=N–C) groups is 1. The number of carbonyl (C=O) groups is 1. The summed E-state index contributed by atoms with van der Waals surface area (Å²) >= 11 is 1.32. The molecule has 0 radical (unpaired) electrons. The van der Waals surface area contributed by atoms with Gasteiger partial charge in [0.05, 0.1) is 10.6 Å². The zero-order valence-corrected chi connectivity index (χ0v) is 14.4. The van der Waals surface area contributed by atoms with E-state index in [4.69, 9.17) is 10.00 Å². The highest BCUT2D eigenvalue weighted by molar-refractivity contribution is 8.18. The number of benzene rings is 2. The molecule has 0 bridgehead atoms. The number of rotatable bonds is 4. The van der Waals surface area contributed by atoms with Crippen LogP contribution in [0.3, 0.4) is 0 Å². The molecule has 1 heterocycles. The molecule has 1 aliphatic heterocycles. The summed E-state index contributed by atoms with van der Waals surface area (Å²) in [6.45, 7) is -0.0398. The summed E-state index contributed by atoms with van der Waals surface area (Å²) in [5.74, 6) is 0.454. The molecule has 2 aromatic rings. The largest absolute Gasteiger partial charge is 0.478 e. The molecule has 1 aliphatic rings. The van der Waals surface area contributed by atoms with Crippen molar-refractivity contribution in [2.75, 3.05) is 13.7 Å². The normalized spacial score (nSPS) is 17.1. The topological polar surface area (TPSA) is 65.7 Å². The second-order valence-corrected chi connectivity index (χ2v) is 6.20. The van der Waals surface area contributed by atoms with Crippen LogP contribution in [0.2, 0.25) is 0 Å². The number of thioether (sulfide) groups is 1. The number of para-hydroxylation sites is 2. The van der Waals surface area contributed by atoms with Gasteiger partial charge in [0.15, 0.2) is 11.8 Å². The monoisotopic (exact) mass is 349 g/mol. The molecule has 3 rings (SSSR count). The molecule has 124 valence electrons. The zero-order valence-electron chi connectivity index (χ0n) is 13.5. The first kappa shape index (κ1) is 16.8. The van der Waals surface area contributed by atoms with Gasteiger partial charge in [-0.15, -0.1) is 0 Å². The van der Waals surface area contributed by atoms with Crippen LogP contribution < -0.4 is 4.74 Å². The van der Waals surface area contributed by atoms with Gasteiger partial charge in [0, 0.05) is 12.6 Å². The van der Waals surface area contributed by atoms with Crippen molar-refractivity contribution in [1.29, 1.82) is 5.26 Å². The average molecular weight is 349 g/mol. The first-order valence-electron chi connectivity index (χ1n) is 7.59. The predicted octanol–water partition coefficient (Wildman–Crippen LogP) is 3.82. The summed E-state index contributed by atoms with van der Waals surface area (Å²) in [6, 6.07) is 18.8. The van der Waals surface area contributed by atoms with E-state index in [2.05, 4.69) is 4.99 Å². The Kier molecular flexibility index (Phi) is 5.17. The number of amides is 1. The molecule has 5 nitrogen and oxygen atoms in total. The van der Waals surface area contributed by atoms with Crippen LogP contribution in [0, 0.1) is 11.3 Å². The van der Waals surface area contributed by atoms with Gasteiger partial charge >= 0.3 is 0 Å². The molecule has 25 heavy (non-hydrogen) atoms. The Hall–Kier alpha value is -3.04. The maximum atomic E-state index is 12.5. The minimum Gasteiger partial charge on any atom is -0.478 e. The molecule has 1 fully saturated rings. The van der Waals surface area contributed by atoms with Crippen molar-refractivity contribution in [2.45, 2.75) is 0 Å². The van der Waals surface area contributed by atoms with Gasteiger partial charge < -0.3 is 4.74 Å². The van der Waals surface area contributed by atoms with Crippen molar-refractivity contribution in [1.82, 2.24) is 4.90 Å². The summed E-state index contributed by atoms with van der Waals surface area (Å²) in [7, 11) is 1.70. The maximum Gasteiger partial charge on any atom is 0.266 e. The van der Waals surface area contributed by atoms with E-state index in [9.17, 15) is 4.79 Å². The zero-order chi connectivity index (χ0) is 17.6. The van der Waals surface area contributed by atoms with Crippen LogP contribution in [0.15, 0.2) is 64.5 Å². The van der Waals surface area contributed by atoms with Crippen LogP contribution in [-0.4, -0.2) is 29.6 Å². The highest BCUT2D eigenvalue weighted by Crippen LogP contribution is 2.34. The summed E-state index contributed by atoms with van der Waals surface area (Å²) in [6.07, 6.45) is 1.77. The second kappa shape index (κ2) is 7.69. The molecule has 1 amide bonds. The Labute approximate surface area is 150 Å². The summed E-state index contributed by atoms with van der Waals surface area (Å²) in [4.78, 5) is 19.1. The van der Waals surface area contributed by atoms with Crippen molar-refractivity contribution in [2.24, 2.45) is 4.99 Å². The highest BCUT2D eigenvalue weighted by atomic mass is 32.2. The smallest absolute Gasteiger partial charge is 0.266 e. The van der Waals surface area contributed by atoms with E-state index in [1.165, 1.54) is 16.7 Å². The average Bonchev–Trinajstić information content (AvgIpc) is 2.90. The number of likely N-dealkylation sites (N-methyl/N-ethyl adjacent to an activating group) is 1. The fourth-order valence-electron chi connectivity index (χ4n) is 2.25. The lowest BCUT2D eigenvalue weighted by atomic mass is 10.2. The van der Waals surface area contributed by atoms with Gasteiger partial charge in [0.1, 0.15) is 11.8 Å². The lowest BCUT2D eigenvalue weighted by Crippen LogP contribution is -2.23. The van der Waals surface area contributed by atoms with Gasteiger partial charge in [0.25, 0.3) is 5.91 Å². The van der Waals surface area contributed by atoms with E-state index in [1.807, 2.05) is 54.6 Å². The Balaban J connectivity index is 1.89. The molecular weight excluding hydrogens is 334 g/mol. The Morgan fingerprint density at radius 1 is 1.20 bits per heavy atom. The van der Waals surface area contributed by atoms with E-state index in [-0.39, 0.29) is 12.5 Å². The van der Waals surface area contributed by atoms with E-state index in [0.29, 0.717) is 15.8 Å². The van der Waals surface area contributed by atoms with Crippen molar-refractivity contribution in [3.05, 3.63) is 65.1 Å². The molecule has 0 atom stereocenters. The number of hydrogen-bond acceptors (Lipinski definition) is 5. The number of amidine groups is 1. The molecule has 6 heteroatoms. The number of carbonyl (C=O) groups excluding carboxylic acids is 1. The fourth-order valence-corrected chi connectivity index (χ4v) is 3.22. The fraction of sp³-hybridized carbons (Fsp3) is 0.105. The Bertz CT molecular complexity index is 885. The van der Waals surface area contributed by atoms with Gasteiger partial charge in [0.2, 0.25) is 0 Å². The molecule has 1 saturated heterocycles. The standard InChI is InChI=1S/C19H15N3O2S/c1-22-18(23)17(25-19(22)21-15-8-3-2-4-9-15)13-14-7-5-6-10-16(14)24-12-11-20/h2-10,13H,12H2,1H3/b17-13+,21-19?. The van der Waals surface area contributed by atoms with E-state index >= 15 is 0 Å². The van der Waals surface area contributed by atoms with E-state index < -0.39 is 0 Å². The molecule has 0 aromatic heterocycles. The lowest BCUT2D eigenvalue weighted by molar-refractivity contribution is -0.121. The van der Waals surface area contributed by atoms with Gasteiger partial charge in [-0.25, -0.2) is 4.99 Å². The molecule has 0 aliphatic carbocycles. The number of nitrogens with zero attached hydrogens (tertiary/aromatic N) is 3. The van der Waals surface area contributed by atoms with Gasteiger partial charge in [-0.3, -0.25) is 9.69 Å². The molecule has 0 unspecified atom stereocenters. The lowest BCUT2D eigenvalue weighted by Gasteiger charge is -2.07. The van der Waals surface area contributed by atoms with E-state index in [1.54, 1.807) is 19.2 Å². The quantitative estimate of drug-likeness (QED) is 0.787. The first-order valence-corrected chi connectivity index (χ1v) is 8.41. The first-order chi connectivity index (χ1) is 12.2. The third-order valence-corrected chi connectivity index (χ3v) is 4.54. The van der Waals surface area contributed by atoms with Crippen molar-refractivity contribution in [3.63, 3.8) is 0 Å². The SMILES string of the molecule is CN1C(=O)/C(=C\c2ccccc2OCC#N)SC1=Nc1ccccc1. The van der Waals surface area contributed by atoms with Crippen LogP contribution in [0.1, 0.15) is 5.56 Å². The van der Waals surface area contributed by atoms with Gasteiger partial charge in [-0.1, -0.05) is 36.4 Å². The van der Waals surface area contributed by atoms with Crippen LogP contribution >= 0.6 is 11.8 Å². The van der Waals surface area contributed by atoms with Crippen molar-refractivity contribution < 1.29 is 9.53 Å². The van der Waals surface area contributed by atoms with E-state index in [0.717, 1.165) is 11.3 Å². The van der Waals surface area contributed by atoms with Crippen molar-refractivity contribution >= 4 is 34.6 Å². The third kappa shape index (κ3) is 3.90. The second-order valence-electron chi connectivity index (χ2n) is 5.19. The Morgan fingerprint density at radius 3 is 2.68 bits per heavy atom. The number of ether oxygens (including phenoxy) is 1. The Morgan fingerprint density at radius 2 is 1.92 bits per heavy atom. The van der Waals surface area contributed by atoms with Gasteiger partial charge in [-0.05, 0) is 36.0 Å². The van der Waals surface area contributed by atoms with Crippen LogP contribution in [0.5, 0.6) is 5.75 Å². The van der Waals surface area contributed by atoms with Crippen LogP contribution in [0.4, 0.5) is 5.69 Å². The minimum atomic E-state index is -0.116.